The first kappa shape index (κ1) is 16.2. The van der Waals surface area contributed by atoms with E-state index in [4.69, 9.17) is 0 Å². The molecule has 2 amide bonds. The van der Waals surface area contributed by atoms with Crippen LogP contribution in [-0.2, 0) is 16.1 Å². The Morgan fingerprint density at radius 3 is 2.68 bits per heavy atom. The predicted octanol–water partition coefficient (Wildman–Crippen LogP) is 2.51. The molecule has 0 atom stereocenters. The molecule has 0 aliphatic carbocycles. The van der Waals surface area contributed by atoms with E-state index in [1.54, 1.807) is 18.3 Å². The van der Waals surface area contributed by atoms with Gasteiger partial charge in [-0.1, -0.05) is 28.1 Å². The number of rotatable bonds is 5. The number of anilines is 1. The quantitative estimate of drug-likeness (QED) is 0.889. The van der Waals surface area contributed by atoms with Crippen LogP contribution in [0.5, 0.6) is 0 Å². The summed E-state index contributed by atoms with van der Waals surface area (Å²) in [4.78, 5) is 29.4. The lowest BCUT2D eigenvalue weighted by molar-refractivity contribution is -0.123. The standard InChI is InChI=1S/C16H16BrN3O2/c1-12(21)20(15-7-4-5-13(17)9-15)11-16(22)19-10-14-6-2-3-8-18-14/h2-9H,10-11H2,1H3,(H,19,22). The molecule has 1 heterocycles. The van der Waals surface area contributed by atoms with Gasteiger partial charge in [0.05, 0.1) is 12.2 Å². The number of nitrogens with zero attached hydrogens (tertiary/aromatic N) is 2. The molecule has 0 bridgehead atoms. The summed E-state index contributed by atoms with van der Waals surface area (Å²) in [6.07, 6.45) is 1.67. The van der Waals surface area contributed by atoms with Crippen LogP contribution in [-0.4, -0.2) is 23.3 Å². The number of hydrogen-bond acceptors (Lipinski definition) is 3. The minimum atomic E-state index is -0.235. The topological polar surface area (TPSA) is 62.3 Å². The first-order valence-electron chi connectivity index (χ1n) is 6.76. The summed E-state index contributed by atoms with van der Waals surface area (Å²) >= 11 is 3.36. The average molecular weight is 362 g/mol. The monoisotopic (exact) mass is 361 g/mol. The molecule has 0 aliphatic heterocycles. The van der Waals surface area contributed by atoms with Gasteiger partial charge in [0.15, 0.2) is 0 Å². The molecular weight excluding hydrogens is 346 g/mol. The Balaban J connectivity index is 1.99. The van der Waals surface area contributed by atoms with Crippen LogP contribution in [0.4, 0.5) is 5.69 Å². The smallest absolute Gasteiger partial charge is 0.240 e. The van der Waals surface area contributed by atoms with Gasteiger partial charge in [0.25, 0.3) is 0 Å². The third-order valence-electron chi connectivity index (χ3n) is 2.99. The van der Waals surface area contributed by atoms with Crippen LogP contribution < -0.4 is 10.2 Å². The summed E-state index contributed by atoms with van der Waals surface area (Å²) in [6.45, 7) is 1.75. The van der Waals surface area contributed by atoms with E-state index in [1.165, 1.54) is 11.8 Å². The van der Waals surface area contributed by atoms with Crippen molar-refractivity contribution in [3.63, 3.8) is 0 Å². The highest BCUT2D eigenvalue weighted by Crippen LogP contribution is 2.19. The van der Waals surface area contributed by atoms with Crippen LogP contribution in [0.2, 0.25) is 0 Å². The fourth-order valence-electron chi connectivity index (χ4n) is 1.92. The van der Waals surface area contributed by atoms with Gasteiger partial charge in [-0.05, 0) is 30.3 Å². The molecule has 2 rings (SSSR count). The summed E-state index contributed by atoms with van der Waals surface area (Å²) in [5.41, 5.74) is 1.45. The molecule has 1 aromatic heterocycles. The number of carbonyl (C=O) groups excluding carboxylic acids is 2. The maximum atomic E-state index is 12.0. The van der Waals surface area contributed by atoms with Crippen LogP contribution in [0.3, 0.4) is 0 Å². The van der Waals surface area contributed by atoms with Gasteiger partial charge in [-0.2, -0.15) is 0 Å². The number of pyridine rings is 1. The van der Waals surface area contributed by atoms with Crippen molar-refractivity contribution in [3.05, 3.63) is 58.8 Å². The molecule has 6 heteroatoms. The number of amides is 2. The highest BCUT2D eigenvalue weighted by molar-refractivity contribution is 9.10. The lowest BCUT2D eigenvalue weighted by Gasteiger charge is -2.20. The molecule has 0 fully saturated rings. The Bertz CT molecular complexity index is 661. The molecule has 0 aliphatic rings. The molecule has 1 aromatic carbocycles. The van der Waals surface area contributed by atoms with Crippen LogP contribution in [0.15, 0.2) is 53.1 Å². The van der Waals surface area contributed by atoms with E-state index in [0.717, 1.165) is 10.2 Å². The van der Waals surface area contributed by atoms with Gasteiger partial charge in [0.2, 0.25) is 11.8 Å². The minimum Gasteiger partial charge on any atom is -0.349 e. The zero-order chi connectivity index (χ0) is 15.9. The Labute approximate surface area is 137 Å². The second-order valence-corrected chi connectivity index (χ2v) is 5.60. The van der Waals surface area contributed by atoms with Crippen molar-refractivity contribution in [3.8, 4) is 0 Å². The molecule has 1 N–H and O–H groups in total. The predicted molar refractivity (Wildman–Crippen MR) is 88.3 cm³/mol. The first-order chi connectivity index (χ1) is 10.6. The van der Waals surface area contributed by atoms with E-state index in [0.29, 0.717) is 12.2 Å². The average Bonchev–Trinajstić information content (AvgIpc) is 2.51. The first-order valence-corrected chi connectivity index (χ1v) is 7.56. The van der Waals surface area contributed by atoms with Crippen LogP contribution in [0.1, 0.15) is 12.6 Å². The normalized spacial score (nSPS) is 10.1. The fraction of sp³-hybridized carbons (Fsp3) is 0.188. The molecule has 0 spiro atoms. The minimum absolute atomic E-state index is 0.0291. The van der Waals surface area contributed by atoms with Gasteiger partial charge in [-0.3, -0.25) is 14.6 Å². The van der Waals surface area contributed by atoms with Crippen LogP contribution in [0.25, 0.3) is 0 Å². The van der Waals surface area contributed by atoms with Gasteiger partial charge >= 0.3 is 0 Å². The Morgan fingerprint density at radius 1 is 1.23 bits per heavy atom. The Hall–Kier alpha value is -2.21. The molecular formula is C16H16BrN3O2. The Kier molecular flexibility index (Phi) is 5.66. The molecule has 0 saturated carbocycles. The van der Waals surface area contributed by atoms with Crippen molar-refractivity contribution >= 4 is 33.4 Å². The summed E-state index contributed by atoms with van der Waals surface area (Å²) < 4.78 is 0.852. The molecule has 2 aromatic rings. The molecule has 5 nitrogen and oxygen atoms in total. The van der Waals surface area contributed by atoms with Crippen molar-refractivity contribution in [1.82, 2.24) is 10.3 Å². The summed E-state index contributed by atoms with van der Waals surface area (Å²) in [5.74, 6) is -0.424. The lowest BCUT2D eigenvalue weighted by Crippen LogP contribution is -2.39. The number of benzene rings is 1. The zero-order valence-electron chi connectivity index (χ0n) is 12.1. The Morgan fingerprint density at radius 2 is 2.05 bits per heavy atom. The van der Waals surface area contributed by atoms with E-state index < -0.39 is 0 Å². The van der Waals surface area contributed by atoms with E-state index in [1.807, 2.05) is 30.3 Å². The number of aromatic nitrogens is 1. The molecule has 0 unspecified atom stereocenters. The zero-order valence-corrected chi connectivity index (χ0v) is 13.7. The van der Waals surface area contributed by atoms with Crippen molar-refractivity contribution in [1.29, 1.82) is 0 Å². The molecule has 0 saturated heterocycles. The van der Waals surface area contributed by atoms with Gasteiger partial charge in [0.1, 0.15) is 6.54 Å². The van der Waals surface area contributed by atoms with Gasteiger partial charge in [0, 0.05) is 23.3 Å². The largest absolute Gasteiger partial charge is 0.349 e. The third-order valence-corrected chi connectivity index (χ3v) is 3.49. The number of halogens is 1. The van der Waals surface area contributed by atoms with Crippen molar-refractivity contribution in [2.45, 2.75) is 13.5 Å². The van der Waals surface area contributed by atoms with E-state index >= 15 is 0 Å². The SMILES string of the molecule is CC(=O)N(CC(=O)NCc1ccccn1)c1cccc(Br)c1. The second-order valence-electron chi connectivity index (χ2n) is 4.68. The number of nitrogens with one attached hydrogen (secondary N) is 1. The lowest BCUT2D eigenvalue weighted by atomic mass is 10.2. The van der Waals surface area contributed by atoms with Gasteiger partial charge in [-0.15, -0.1) is 0 Å². The van der Waals surface area contributed by atoms with Gasteiger partial charge in [-0.25, -0.2) is 0 Å². The maximum Gasteiger partial charge on any atom is 0.240 e. The fourth-order valence-corrected chi connectivity index (χ4v) is 2.31. The second kappa shape index (κ2) is 7.70. The molecule has 114 valence electrons. The highest BCUT2D eigenvalue weighted by atomic mass is 79.9. The van der Waals surface area contributed by atoms with E-state index in [-0.39, 0.29) is 18.4 Å². The van der Waals surface area contributed by atoms with E-state index in [9.17, 15) is 9.59 Å². The number of hydrogen-bond donors (Lipinski definition) is 1. The van der Waals surface area contributed by atoms with Crippen molar-refractivity contribution in [2.75, 3.05) is 11.4 Å². The highest BCUT2D eigenvalue weighted by Gasteiger charge is 2.15. The molecule has 0 radical (unpaired) electrons. The van der Waals surface area contributed by atoms with E-state index in [2.05, 4.69) is 26.2 Å². The summed E-state index contributed by atoms with van der Waals surface area (Å²) in [5, 5.41) is 2.76. The third kappa shape index (κ3) is 4.66. The van der Waals surface area contributed by atoms with Gasteiger partial charge < -0.3 is 10.2 Å². The van der Waals surface area contributed by atoms with Crippen LogP contribution in [0, 0.1) is 0 Å². The molecule has 22 heavy (non-hydrogen) atoms. The van der Waals surface area contributed by atoms with Crippen LogP contribution >= 0.6 is 15.9 Å². The summed E-state index contributed by atoms with van der Waals surface area (Å²) in [7, 11) is 0. The summed E-state index contributed by atoms with van der Waals surface area (Å²) in [6, 6.07) is 12.8. The van der Waals surface area contributed by atoms with Crippen molar-refractivity contribution in [2.24, 2.45) is 0 Å². The van der Waals surface area contributed by atoms with Crippen molar-refractivity contribution < 1.29 is 9.59 Å². The maximum absolute atomic E-state index is 12.0. The number of carbonyl (C=O) groups is 2.